The van der Waals surface area contributed by atoms with Crippen molar-refractivity contribution in [2.24, 2.45) is 0 Å². The number of carbonyl (C=O) groups is 1. The maximum Gasteiger partial charge on any atom is 0.255 e. The number of nitrogens with two attached hydrogens (primary N) is 1. The number of halogens is 3. The van der Waals surface area contributed by atoms with Crippen LogP contribution in [0.2, 0.25) is 5.02 Å². The van der Waals surface area contributed by atoms with Crippen LogP contribution < -0.4 is 11.1 Å². The van der Waals surface area contributed by atoms with E-state index in [0.29, 0.717) is 21.4 Å². The Hall–Kier alpha value is -1.59. The van der Waals surface area contributed by atoms with Gasteiger partial charge in [-0.2, -0.15) is 0 Å². The zero-order chi connectivity index (χ0) is 14.0. The Morgan fingerprint density at radius 1 is 1.26 bits per heavy atom. The average Bonchev–Trinajstić information content (AvgIpc) is 2.36. The highest BCUT2D eigenvalue weighted by molar-refractivity contribution is 9.10. The molecule has 1 amide bonds. The van der Waals surface area contributed by atoms with Gasteiger partial charge in [0.1, 0.15) is 5.82 Å². The highest BCUT2D eigenvalue weighted by Gasteiger charge is 2.10. The molecule has 3 nitrogen and oxygen atoms in total. The Labute approximate surface area is 122 Å². The molecule has 0 aliphatic carbocycles. The Bertz CT molecular complexity index is 649. The van der Waals surface area contributed by atoms with Gasteiger partial charge in [-0.05, 0) is 52.3 Å². The zero-order valence-corrected chi connectivity index (χ0v) is 11.9. The maximum atomic E-state index is 12.9. The van der Waals surface area contributed by atoms with Crippen molar-refractivity contribution in [2.75, 3.05) is 11.1 Å². The molecule has 3 N–H and O–H groups in total. The minimum absolute atomic E-state index is 0.142. The van der Waals surface area contributed by atoms with E-state index in [0.717, 1.165) is 6.07 Å². The Kier molecular flexibility index (Phi) is 4.07. The molecule has 0 atom stereocenters. The molecule has 0 spiro atoms. The van der Waals surface area contributed by atoms with Crippen LogP contribution in [0.15, 0.2) is 40.9 Å². The molecule has 0 aliphatic heterocycles. The van der Waals surface area contributed by atoms with Gasteiger partial charge in [0, 0.05) is 15.7 Å². The fraction of sp³-hybridized carbons (Fsp3) is 0. The minimum Gasteiger partial charge on any atom is -0.398 e. The van der Waals surface area contributed by atoms with E-state index < -0.39 is 5.82 Å². The van der Waals surface area contributed by atoms with Crippen LogP contribution in [0.1, 0.15) is 10.4 Å². The number of rotatable bonds is 2. The van der Waals surface area contributed by atoms with Crippen LogP contribution in [0.4, 0.5) is 15.8 Å². The summed E-state index contributed by atoms with van der Waals surface area (Å²) in [7, 11) is 0. The van der Waals surface area contributed by atoms with E-state index in [9.17, 15) is 9.18 Å². The molecular weight excluding hydrogens is 335 g/mol. The van der Waals surface area contributed by atoms with Crippen molar-refractivity contribution in [3.8, 4) is 0 Å². The second-order valence-electron chi connectivity index (χ2n) is 3.81. The van der Waals surface area contributed by atoms with Crippen molar-refractivity contribution >= 4 is 44.8 Å². The standard InChI is InChI=1S/C13H9BrClFN2O/c14-9-5-7(1-3-11(9)17)13(19)18-12-4-2-8(16)6-10(12)15/h1-6H,17H2,(H,18,19). The summed E-state index contributed by atoms with van der Waals surface area (Å²) in [6, 6.07) is 8.57. The van der Waals surface area contributed by atoms with Crippen molar-refractivity contribution in [2.45, 2.75) is 0 Å². The highest BCUT2D eigenvalue weighted by atomic mass is 79.9. The van der Waals surface area contributed by atoms with Crippen molar-refractivity contribution in [1.29, 1.82) is 0 Å². The van der Waals surface area contributed by atoms with Gasteiger partial charge in [0.25, 0.3) is 5.91 Å². The first kappa shape index (κ1) is 13.8. The van der Waals surface area contributed by atoms with Crippen molar-refractivity contribution in [1.82, 2.24) is 0 Å². The van der Waals surface area contributed by atoms with Crippen LogP contribution in [-0.2, 0) is 0 Å². The number of nitrogen functional groups attached to an aromatic ring is 1. The first-order chi connectivity index (χ1) is 8.97. The van der Waals surface area contributed by atoms with E-state index in [1.807, 2.05) is 0 Å². The molecule has 0 heterocycles. The van der Waals surface area contributed by atoms with Gasteiger partial charge in [0.15, 0.2) is 0 Å². The number of benzene rings is 2. The fourth-order valence-electron chi connectivity index (χ4n) is 1.45. The lowest BCUT2D eigenvalue weighted by atomic mass is 10.2. The Morgan fingerprint density at radius 2 is 2.00 bits per heavy atom. The summed E-state index contributed by atoms with van der Waals surface area (Å²) in [6.07, 6.45) is 0. The molecular formula is C13H9BrClFN2O. The van der Waals surface area contributed by atoms with E-state index in [4.69, 9.17) is 17.3 Å². The van der Waals surface area contributed by atoms with Crippen molar-refractivity contribution < 1.29 is 9.18 Å². The SMILES string of the molecule is Nc1ccc(C(=O)Nc2ccc(F)cc2Cl)cc1Br. The van der Waals surface area contributed by atoms with Crippen LogP contribution >= 0.6 is 27.5 Å². The van der Waals surface area contributed by atoms with E-state index in [-0.39, 0.29) is 10.9 Å². The Morgan fingerprint density at radius 3 is 2.63 bits per heavy atom. The minimum atomic E-state index is -0.460. The van der Waals surface area contributed by atoms with E-state index in [1.165, 1.54) is 12.1 Å². The van der Waals surface area contributed by atoms with Crippen LogP contribution in [-0.4, -0.2) is 5.91 Å². The molecule has 0 fully saturated rings. The second kappa shape index (κ2) is 5.59. The molecule has 0 aliphatic rings. The molecule has 2 aromatic rings. The first-order valence-corrected chi connectivity index (χ1v) is 6.46. The molecule has 19 heavy (non-hydrogen) atoms. The third kappa shape index (κ3) is 3.24. The topological polar surface area (TPSA) is 55.1 Å². The molecule has 0 unspecified atom stereocenters. The number of hydrogen-bond donors (Lipinski definition) is 2. The summed E-state index contributed by atoms with van der Waals surface area (Å²) in [4.78, 5) is 12.0. The van der Waals surface area contributed by atoms with Gasteiger partial charge in [-0.25, -0.2) is 4.39 Å². The van der Waals surface area contributed by atoms with E-state index in [1.54, 1.807) is 18.2 Å². The molecule has 2 rings (SSSR count). The summed E-state index contributed by atoms with van der Waals surface area (Å²) in [5.74, 6) is -0.813. The third-order valence-electron chi connectivity index (χ3n) is 2.44. The summed E-state index contributed by atoms with van der Waals surface area (Å²) in [5.41, 5.74) is 6.95. The highest BCUT2D eigenvalue weighted by Crippen LogP contribution is 2.24. The molecule has 0 saturated carbocycles. The van der Waals surface area contributed by atoms with E-state index >= 15 is 0 Å². The molecule has 0 aromatic heterocycles. The summed E-state index contributed by atoms with van der Waals surface area (Å²) in [5, 5.41) is 2.74. The summed E-state index contributed by atoms with van der Waals surface area (Å²) < 4.78 is 13.5. The molecule has 98 valence electrons. The van der Waals surface area contributed by atoms with Gasteiger partial charge in [0.2, 0.25) is 0 Å². The predicted octanol–water partition coefficient (Wildman–Crippen LogP) is 4.08. The van der Waals surface area contributed by atoms with Crippen LogP contribution in [0, 0.1) is 5.82 Å². The van der Waals surface area contributed by atoms with Crippen molar-refractivity contribution in [3.63, 3.8) is 0 Å². The first-order valence-electron chi connectivity index (χ1n) is 5.29. The van der Waals surface area contributed by atoms with Gasteiger partial charge in [-0.15, -0.1) is 0 Å². The number of nitrogens with one attached hydrogen (secondary N) is 1. The Balaban J connectivity index is 2.23. The largest absolute Gasteiger partial charge is 0.398 e. The second-order valence-corrected chi connectivity index (χ2v) is 5.08. The van der Waals surface area contributed by atoms with E-state index in [2.05, 4.69) is 21.2 Å². The molecule has 6 heteroatoms. The van der Waals surface area contributed by atoms with Crippen LogP contribution in [0.25, 0.3) is 0 Å². The number of anilines is 2. The normalized spacial score (nSPS) is 10.3. The molecule has 0 radical (unpaired) electrons. The number of hydrogen-bond acceptors (Lipinski definition) is 2. The molecule has 0 saturated heterocycles. The lowest BCUT2D eigenvalue weighted by Gasteiger charge is -2.08. The summed E-state index contributed by atoms with van der Waals surface area (Å²) >= 11 is 9.08. The van der Waals surface area contributed by atoms with Crippen molar-refractivity contribution in [3.05, 3.63) is 57.3 Å². The lowest BCUT2D eigenvalue weighted by molar-refractivity contribution is 0.102. The van der Waals surface area contributed by atoms with Gasteiger partial charge >= 0.3 is 0 Å². The van der Waals surface area contributed by atoms with Gasteiger partial charge in [-0.3, -0.25) is 4.79 Å². The smallest absolute Gasteiger partial charge is 0.255 e. The number of carbonyl (C=O) groups excluding carboxylic acids is 1. The third-order valence-corrected chi connectivity index (χ3v) is 3.44. The fourth-order valence-corrected chi connectivity index (χ4v) is 2.05. The van der Waals surface area contributed by atoms with Crippen LogP contribution in [0.5, 0.6) is 0 Å². The maximum absolute atomic E-state index is 12.9. The van der Waals surface area contributed by atoms with Gasteiger partial charge in [-0.1, -0.05) is 11.6 Å². The monoisotopic (exact) mass is 342 g/mol. The molecule has 2 aromatic carbocycles. The average molecular weight is 344 g/mol. The quantitative estimate of drug-likeness (QED) is 0.807. The van der Waals surface area contributed by atoms with Gasteiger partial charge < -0.3 is 11.1 Å². The predicted molar refractivity (Wildman–Crippen MR) is 77.9 cm³/mol. The van der Waals surface area contributed by atoms with Crippen LogP contribution in [0.3, 0.4) is 0 Å². The number of amides is 1. The lowest BCUT2D eigenvalue weighted by Crippen LogP contribution is -2.12. The zero-order valence-electron chi connectivity index (χ0n) is 9.58. The summed E-state index contributed by atoms with van der Waals surface area (Å²) in [6.45, 7) is 0. The van der Waals surface area contributed by atoms with Gasteiger partial charge in [0.05, 0.1) is 10.7 Å². The molecule has 0 bridgehead atoms.